The fourth-order valence-electron chi connectivity index (χ4n) is 3.95. The Bertz CT molecular complexity index is 997. The number of fused-ring (bicyclic) bond motifs is 1. The fourth-order valence-corrected chi connectivity index (χ4v) is 4.07. The van der Waals surface area contributed by atoms with Crippen LogP contribution in [0.4, 0.5) is 0 Å². The van der Waals surface area contributed by atoms with E-state index in [-0.39, 0.29) is 24.8 Å². The topological polar surface area (TPSA) is 63.8 Å². The maximum atomic E-state index is 5.97. The van der Waals surface area contributed by atoms with Gasteiger partial charge >= 0.3 is 0 Å². The molecule has 0 amide bonds. The summed E-state index contributed by atoms with van der Waals surface area (Å²) in [5.74, 6) is 6.83. The van der Waals surface area contributed by atoms with Crippen LogP contribution in [-0.2, 0) is 0 Å². The smallest absolute Gasteiger partial charge is 0.152 e. The van der Waals surface area contributed by atoms with Crippen molar-refractivity contribution >= 4 is 59.5 Å². The molecule has 30 heavy (non-hydrogen) atoms. The van der Waals surface area contributed by atoms with Gasteiger partial charge in [-0.15, -0.1) is 24.8 Å². The maximum Gasteiger partial charge on any atom is 0.152 e. The van der Waals surface area contributed by atoms with Gasteiger partial charge in [-0.1, -0.05) is 41.4 Å². The van der Waals surface area contributed by atoms with Crippen LogP contribution >= 0.6 is 36.4 Å². The van der Waals surface area contributed by atoms with Crippen LogP contribution in [0.15, 0.2) is 42.5 Å². The average Bonchev–Trinajstić information content (AvgIpc) is 2.73. The number of halogens is 3. The van der Waals surface area contributed by atoms with Crippen LogP contribution in [0, 0.1) is 6.92 Å². The first-order valence-corrected chi connectivity index (χ1v) is 10.2. The van der Waals surface area contributed by atoms with Gasteiger partial charge in [0.15, 0.2) is 5.82 Å². The maximum absolute atomic E-state index is 5.97. The highest BCUT2D eigenvalue weighted by Gasteiger charge is 2.24. The van der Waals surface area contributed by atoms with E-state index in [0.29, 0.717) is 12.0 Å². The first-order valence-electron chi connectivity index (χ1n) is 9.80. The van der Waals surface area contributed by atoms with Crippen LogP contribution < -0.4 is 11.3 Å². The predicted molar refractivity (Wildman–Crippen MR) is 131 cm³/mol. The lowest BCUT2D eigenvalue weighted by Crippen LogP contribution is -2.37. The van der Waals surface area contributed by atoms with E-state index >= 15 is 0 Å². The summed E-state index contributed by atoms with van der Waals surface area (Å²) in [5.41, 5.74) is 7.41. The molecular formula is C23H27Cl3N4. The summed E-state index contributed by atoms with van der Waals surface area (Å²) in [6.07, 6.45) is 8.36. The third kappa shape index (κ3) is 5.71. The Balaban J connectivity index is 0.00000160. The molecule has 0 spiro atoms. The number of hydrogen-bond acceptors (Lipinski definition) is 4. The highest BCUT2D eigenvalue weighted by atomic mass is 35.5. The molecule has 1 heterocycles. The van der Waals surface area contributed by atoms with Crippen LogP contribution in [0.2, 0.25) is 5.02 Å². The van der Waals surface area contributed by atoms with E-state index in [4.69, 9.17) is 27.4 Å². The van der Waals surface area contributed by atoms with Gasteiger partial charge in [-0.2, -0.15) is 0 Å². The van der Waals surface area contributed by atoms with Crippen molar-refractivity contribution in [2.45, 2.75) is 44.6 Å². The first-order chi connectivity index (χ1) is 13.6. The number of aryl methyl sites for hydroxylation is 1. The van der Waals surface area contributed by atoms with E-state index in [1.54, 1.807) is 0 Å². The number of hydrazine groups is 1. The Morgan fingerprint density at radius 3 is 2.33 bits per heavy atom. The van der Waals surface area contributed by atoms with Gasteiger partial charge in [0.2, 0.25) is 0 Å². The number of rotatable bonds is 4. The number of aromatic nitrogens is 2. The second-order valence-corrected chi connectivity index (χ2v) is 8.02. The van der Waals surface area contributed by atoms with Crippen molar-refractivity contribution in [2.24, 2.45) is 5.84 Å². The van der Waals surface area contributed by atoms with Gasteiger partial charge in [-0.05, 0) is 68.5 Å². The van der Waals surface area contributed by atoms with Gasteiger partial charge < -0.3 is 0 Å². The van der Waals surface area contributed by atoms with Gasteiger partial charge in [0, 0.05) is 22.4 Å². The second-order valence-electron chi connectivity index (χ2n) is 7.59. The highest BCUT2D eigenvalue weighted by Crippen LogP contribution is 2.35. The predicted octanol–water partition coefficient (Wildman–Crippen LogP) is 6.10. The lowest BCUT2D eigenvalue weighted by molar-refractivity contribution is 0.344. The summed E-state index contributed by atoms with van der Waals surface area (Å²) in [6, 6.07) is 14.6. The SMILES string of the molecule is Cc1ccc2nc(/C=C\c3ccc(Cl)cc3)nc(C3CCC(NN)CC3)c2c1.Cl.Cl. The average molecular weight is 466 g/mol. The Morgan fingerprint density at radius 1 is 0.967 bits per heavy atom. The van der Waals surface area contributed by atoms with Crippen molar-refractivity contribution in [2.75, 3.05) is 0 Å². The van der Waals surface area contributed by atoms with Crippen molar-refractivity contribution < 1.29 is 0 Å². The Morgan fingerprint density at radius 2 is 1.67 bits per heavy atom. The molecule has 160 valence electrons. The van der Waals surface area contributed by atoms with E-state index in [1.807, 2.05) is 36.4 Å². The van der Waals surface area contributed by atoms with Crippen molar-refractivity contribution in [3.63, 3.8) is 0 Å². The summed E-state index contributed by atoms with van der Waals surface area (Å²) in [7, 11) is 0. The van der Waals surface area contributed by atoms with Crippen LogP contribution in [0.5, 0.6) is 0 Å². The van der Waals surface area contributed by atoms with Crippen molar-refractivity contribution in [1.29, 1.82) is 0 Å². The molecule has 0 radical (unpaired) electrons. The molecule has 4 nitrogen and oxygen atoms in total. The monoisotopic (exact) mass is 464 g/mol. The zero-order valence-electron chi connectivity index (χ0n) is 16.8. The molecule has 1 aliphatic carbocycles. The number of nitrogens with two attached hydrogens (primary N) is 1. The third-order valence-corrected chi connectivity index (χ3v) is 5.79. The number of hydrogen-bond donors (Lipinski definition) is 2. The summed E-state index contributed by atoms with van der Waals surface area (Å²) >= 11 is 5.97. The zero-order valence-corrected chi connectivity index (χ0v) is 19.2. The molecule has 7 heteroatoms. The Labute approximate surface area is 195 Å². The summed E-state index contributed by atoms with van der Waals surface area (Å²) in [4.78, 5) is 9.75. The summed E-state index contributed by atoms with van der Waals surface area (Å²) in [5, 5.41) is 1.91. The minimum Gasteiger partial charge on any atom is -0.271 e. The van der Waals surface area contributed by atoms with Crippen LogP contribution in [0.3, 0.4) is 0 Å². The van der Waals surface area contributed by atoms with E-state index < -0.39 is 0 Å². The summed E-state index contributed by atoms with van der Waals surface area (Å²) in [6.45, 7) is 2.12. The molecule has 1 aliphatic rings. The summed E-state index contributed by atoms with van der Waals surface area (Å²) < 4.78 is 0. The van der Waals surface area contributed by atoms with Gasteiger partial charge in [0.1, 0.15) is 0 Å². The molecule has 2 aromatic carbocycles. The third-order valence-electron chi connectivity index (χ3n) is 5.54. The number of nitrogens with one attached hydrogen (secondary N) is 1. The van der Waals surface area contributed by atoms with E-state index in [0.717, 1.165) is 47.6 Å². The van der Waals surface area contributed by atoms with Gasteiger partial charge in [0.05, 0.1) is 11.2 Å². The lowest BCUT2D eigenvalue weighted by atomic mass is 9.83. The van der Waals surface area contributed by atoms with E-state index in [1.165, 1.54) is 16.6 Å². The lowest BCUT2D eigenvalue weighted by Gasteiger charge is -2.28. The second kappa shape index (κ2) is 11.1. The normalized spacial score (nSPS) is 18.8. The van der Waals surface area contributed by atoms with Crippen molar-refractivity contribution in [3.05, 3.63) is 70.1 Å². The highest BCUT2D eigenvalue weighted by molar-refractivity contribution is 6.30. The Hall–Kier alpha value is -1.69. The Kier molecular flexibility index (Phi) is 9.08. The van der Waals surface area contributed by atoms with Gasteiger partial charge in [-0.3, -0.25) is 11.3 Å². The van der Waals surface area contributed by atoms with Crippen LogP contribution in [-0.4, -0.2) is 16.0 Å². The molecule has 1 fully saturated rings. The van der Waals surface area contributed by atoms with Gasteiger partial charge in [-0.25, -0.2) is 9.97 Å². The molecule has 0 saturated heterocycles. The number of nitrogens with zero attached hydrogens (tertiary/aromatic N) is 2. The van der Waals surface area contributed by atoms with Gasteiger partial charge in [0.25, 0.3) is 0 Å². The van der Waals surface area contributed by atoms with Crippen LogP contribution in [0.25, 0.3) is 23.1 Å². The number of benzene rings is 2. The quantitative estimate of drug-likeness (QED) is 0.361. The molecule has 1 saturated carbocycles. The fraction of sp³-hybridized carbons (Fsp3) is 0.304. The van der Waals surface area contributed by atoms with Crippen LogP contribution in [0.1, 0.15) is 54.2 Å². The van der Waals surface area contributed by atoms with E-state index in [9.17, 15) is 0 Å². The molecule has 3 N–H and O–H groups in total. The molecule has 4 rings (SSSR count). The van der Waals surface area contributed by atoms with Crippen molar-refractivity contribution in [1.82, 2.24) is 15.4 Å². The largest absolute Gasteiger partial charge is 0.271 e. The standard InChI is InChI=1S/C23H25ClN4.2ClH/c1-15-2-12-21-20(14-15)23(17-6-10-19(28-25)11-7-17)27-22(26-21)13-5-16-3-8-18(24)9-4-16;;/h2-5,8-9,12-14,17,19,28H,6-7,10-11,25H2,1H3;2*1H/b13-5-;;. The molecule has 0 bridgehead atoms. The molecule has 0 unspecified atom stereocenters. The van der Waals surface area contributed by atoms with E-state index in [2.05, 4.69) is 30.5 Å². The molecule has 0 aliphatic heterocycles. The molecule has 3 aromatic rings. The molecular weight excluding hydrogens is 439 g/mol. The molecule has 0 atom stereocenters. The minimum atomic E-state index is 0. The van der Waals surface area contributed by atoms with Crippen molar-refractivity contribution in [3.8, 4) is 0 Å². The molecule has 1 aromatic heterocycles. The zero-order chi connectivity index (χ0) is 19.5. The first kappa shape index (κ1) is 24.6. The minimum absolute atomic E-state index is 0.